The third-order valence-electron chi connectivity index (χ3n) is 6.57. The van der Waals surface area contributed by atoms with E-state index in [0.29, 0.717) is 17.1 Å². The van der Waals surface area contributed by atoms with Crippen molar-refractivity contribution in [2.24, 2.45) is 11.7 Å². The van der Waals surface area contributed by atoms with Crippen molar-refractivity contribution in [1.82, 2.24) is 24.4 Å². The van der Waals surface area contributed by atoms with Gasteiger partial charge in [-0.15, -0.1) is 21.5 Å². The van der Waals surface area contributed by atoms with E-state index < -0.39 is 16.9 Å². The minimum absolute atomic E-state index is 0.00883. The lowest BCUT2D eigenvalue weighted by molar-refractivity contribution is -0.117. The molecule has 0 spiro atoms. The van der Waals surface area contributed by atoms with Gasteiger partial charge in [0, 0.05) is 62.0 Å². The van der Waals surface area contributed by atoms with E-state index in [1.807, 2.05) is 28.7 Å². The summed E-state index contributed by atoms with van der Waals surface area (Å²) in [5, 5.41) is 14.6. The fourth-order valence-corrected chi connectivity index (χ4v) is 6.00. The maximum absolute atomic E-state index is 12.2. The van der Waals surface area contributed by atoms with E-state index >= 15 is 0 Å². The van der Waals surface area contributed by atoms with Crippen LogP contribution < -0.4 is 21.1 Å². The van der Waals surface area contributed by atoms with Crippen LogP contribution in [0.15, 0.2) is 30.5 Å². The molecule has 14 heteroatoms. The van der Waals surface area contributed by atoms with E-state index in [2.05, 4.69) is 30.7 Å². The molecule has 1 aliphatic heterocycles. The van der Waals surface area contributed by atoms with Crippen molar-refractivity contribution in [1.29, 1.82) is 0 Å². The van der Waals surface area contributed by atoms with Gasteiger partial charge in [0.2, 0.25) is 5.91 Å². The molecule has 2 aliphatic rings. The molecule has 1 atom stereocenters. The molecule has 3 heterocycles. The summed E-state index contributed by atoms with van der Waals surface area (Å²) in [6, 6.07) is 7.12. The van der Waals surface area contributed by atoms with Gasteiger partial charge in [-0.2, -0.15) is 0 Å². The Morgan fingerprint density at radius 3 is 2.62 bits per heavy atom. The standard InChI is InChI=1S/C25H30N8O4S2/c1-37-22-17(25-27-13-16(38-25)14-32-8-10-33(11-9-32)39(2)36)4-3-5-18(22)28-19-12-20(29-24(35)15-6-7-15)30-31-21(19)23(26)34/h3-5,12-13,15H,6-11,14H2,1-2H3,(H2,26,34)(H2,28,29,30,35). The number of nitrogens with zero attached hydrogens (tertiary/aromatic N) is 5. The molecule has 206 valence electrons. The summed E-state index contributed by atoms with van der Waals surface area (Å²) in [5.41, 5.74) is 7.14. The van der Waals surface area contributed by atoms with Crippen LogP contribution in [-0.2, 0) is 22.3 Å². The Morgan fingerprint density at radius 2 is 1.95 bits per heavy atom. The quantitative estimate of drug-likeness (QED) is 0.333. The molecule has 3 aromatic rings. The van der Waals surface area contributed by atoms with Gasteiger partial charge < -0.3 is 21.1 Å². The first-order valence-electron chi connectivity index (χ1n) is 12.5. The molecule has 12 nitrogen and oxygen atoms in total. The number of aromatic nitrogens is 3. The second kappa shape index (κ2) is 11.7. The fraction of sp³-hybridized carbons (Fsp3) is 0.400. The van der Waals surface area contributed by atoms with Gasteiger partial charge in [0.15, 0.2) is 17.3 Å². The Balaban J connectivity index is 1.36. The van der Waals surface area contributed by atoms with Gasteiger partial charge in [-0.05, 0) is 25.0 Å². The lowest BCUT2D eigenvalue weighted by atomic mass is 10.1. The second-order valence-corrected chi connectivity index (χ2v) is 11.9. The van der Waals surface area contributed by atoms with Gasteiger partial charge in [-0.1, -0.05) is 6.07 Å². The summed E-state index contributed by atoms with van der Waals surface area (Å²) in [5.74, 6) is -0.122. The molecule has 2 fully saturated rings. The van der Waals surface area contributed by atoms with Crippen molar-refractivity contribution in [2.75, 3.05) is 50.2 Å². The fourth-order valence-electron chi connectivity index (χ4n) is 4.34. The van der Waals surface area contributed by atoms with Gasteiger partial charge in [0.1, 0.15) is 5.01 Å². The number of methoxy groups -OCH3 is 1. The first-order chi connectivity index (χ1) is 18.8. The molecule has 5 rings (SSSR count). The predicted octanol–water partition coefficient (Wildman–Crippen LogP) is 2.21. The third-order valence-corrected chi connectivity index (χ3v) is 8.68. The van der Waals surface area contributed by atoms with Crippen LogP contribution in [-0.4, -0.2) is 80.0 Å². The molecule has 2 amide bonds. The topological polar surface area (TPSA) is 156 Å². The van der Waals surface area contributed by atoms with Crippen molar-refractivity contribution in [2.45, 2.75) is 19.4 Å². The zero-order chi connectivity index (χ0) is 27.5. The minimum Gasteiger partial charge on any atom is -0.494 e. The van der Waals surface area contributed by atoms with Gasteiger partial charge in [0.05, 0.1) is 35.0 Å². The zero-order valence-corrected chi connectivity index (χ0v) is 23.3. The molecule has 4 N–H and O–H groups in total. The SMILES string of the molecule is COc1c(Nc2cc(NC(=O)C3CC3)nnc2C(N)=O)cccc1-c1ncc(CN2CCN(S(C)=O)CC2)s1. The molecule has 39 heavy (non-hydrogen) atoms. The number of rotatable bonds is 10. The summed E-state index contributed by atoms with van der Waals surface area (Å²) >= 11 is 1.58. The predicted molar refractivity (Wildman–Crippen MR) is 150 cm³/mol. The minimum atomic E-state index is -0.938. The summed E-state index contributed by atoms with van der Waals surface area (Å²) in [7, 11) is 0.629. The normalized spacial score (nSPS) is 17.0. The van der Waals surface area contributed by atoms with Crippen molar-refractivity contribution in [3.8, 4) is 16.3 Å². The molecule has 2 aromatic heterocycles. The van der Waals surface area contributed by atoms with Crippen LogP contribution in [0.3, 0.4) is 0 Å². The number of amides is 2. The van der Waals surface area contributed by atoms with E-state index in [0.717, 1.165) is 61.0 Å². The van der Waals surface area contributed by atoms with Crippen LogP contribution in [0.25, 0.3) is 10.6 Å². The van der Waals surface area contributed by atoms with E-state index in [1.165, 1.54) is 6.07 Å². The van der Waals surface area contributed by atoms with Crippen molar-refractivity contribution >= 4 is 51.3 Å². The number of piperazine rings is 1. The number of nitrogens with one attached hydrogen (secondary N) is 2. The van der Waals surface area contributed by atoms with Gasteiger partial charge in [-0.25, -0.2) is 13.5 Å². The molecule has 1 saturated heterocycles. The number of nitrogens with two attached hydrogens (primary N) is 1. The average Bonchev–Trinajstić information content (AvgIpc) is 3.68. The molecule has 1 saturated carbocycles. The van der Waals surface area contributed by atoms with Crippen molar-refractivity contribution < 1.29 is 18.5 Å². The Hall–Kier alpha value is -3.46. The number of carbonyl (C=O) groups excluding carboxylic acids is 2. The summed E-state index contributed by atoms with van der Waals surface area (Å²) in [4.78, 5) is 32.3. The number of hydrogen-bond acceptors (Lipinski definition) is 10. The van der Waals surface area contributed by atoms with E-state index in [4.69, 9.17) is 10.5 Å². The third kappa shape index (κ3) is 6.41. The highest BCUT2D eigenvalue weighted by molar-refractivity contribution is 7.81. The lowest BCUT2D eigenvalue weighted by Gasteiger charge is -2.32. The van der Waals surface area contributed by atoms with Crippen LogP contribution in [0.4, 0.5) is 17.2 Å². The molecule has 0 radical (unpaired) electrons. The number of para-hydroxylation sites is 1. The first kappa shape index (κ1) is 27.1. The molecular formula is C25H30N8O4S2. The largest absolute Gasteiger partial charge is 0.494 e. The molecule has 1 unspecified atom stereocenters. The van der Waals surface area contributed by atoms with E-state index in [9.17, 15) is 13.8 Å². The van der Waals surface area contributed by atoms with Gasteiger partial charge >= 0.3 is 0 Å². The van der Waals surface area contributed by atoms with Crippen LogP contribution in [0.5, 0.6) is 5.75 Å². The van der Waals surface area contributed by atoms with E-state index in [1.54, 1.807) is 24.7 Å². The summed E-state index contributed by atoms with van der Waals surface area (Å²) in [6.45, 7) is 4.02. The highest BCUT2D eigenvalue weighted by Gasteiger charge is 2.30. The number of hydrogen-bond donors (Lipinski definition) is 3. The highest BCUT2D eigenvalue weighted by Crippen LogP contribution is 2.40. The number of thiazole rings is 1. The van der Waals surface area contributed by atoms with Crippen LogP contribution in [0.1, 0.15) is 28.2 Å². The van der Waals surface area contributed by atoms with Gasteiger partial charge in [-0.3, -0.25) is 14.5 Å². The smallest absolute Gasteiger partial charge is 0.271 e. The van der Waals surface area contributed by atoms with Crippen LogP contribution in [0, 0.1) is 5.92 Å². The first-order valence-corrected chi connectivity index (χ1v) is 14.8. The Morgan fingerprint density at radius 1 is 1.18 bits per heavy atom. The number of anilines is 3. The Bertz CT molecular complexity index is 1400. The van der Waals surface area contributed by atoms with Crippen molar-refractivity contribution in [3.05, 3.63) is 41.0 Å². The molecule has 1 aliphatic carbocycles. The maximum Gasteiger partial charge on any atom is 0.271 e. The molecule has 1 aromatic carbocycles. The van der Waals surface area contributed by atoms with Crippen molar-refractivity contribution in [3.63, 3.8) is 0 Å². The lowest BCUT2D eigenvalue weighted by Crippen LogP contribution is -2.46. The Kier molecular flexibility index (Phi) is 8.16. The highest BCUT2D eigenvalue weighted by atomic mass is 32.2. The zero-order valence-electron chi connectivity index (χ0n) is 21.7. The maximum atomic E-state index is 12.2. The second-order valence-electron chi connectivity index (χ2n) is 9.39. The monoisotopic (exact) mass is 570 g/mol. The summed E-state index contributed by atoms with van der Waals surface area (Å²) in [6.07, 6.45) is 5.29. The number of benzene rings is 1. The average molecular weight is 571 g/mol. The van der Waals surface area contributed by atoms with Crippen LogP contribution >= 0.6 is 11.3 Å². The molecule has 0 bridgehead atoms. The number of ether oxygens (including phenoxy) is 1. The molecular weight excluding hydrogens is 540 g/mol. The number of primary amides is 1. The van der Waals surface area contributed by atoms with E-state index in [-0.39, 0.29) is 23.3 Å². The van der Waals surface area contributed by atoms with Crippen LogP contribution in [0.2, 0.25) is 0 Å². The number of carbonyl (C=O) groups is 2. The summed E-state index contributed by atoms with van der Waals surface area (Å²) < 4.78 is 19.5. The van der Waals surface area contributed by atoms with Gasteiger partial charge in [0.25, 0.3) is 5.91 Å². The Labute approximate surface area is 232 Å².